The molecule has 0 spiro atoms. The molecule has 0 bridgehead atoms. The molecule has 0 unspecified atom stereocenters. The van der Waals surface area contributed by atoms with Crippen LogP contribution in [0.15, 0.2) is 0 Å². The van der Waals surface area contributed by atoms with Crippen LogP contribution < -0.4 is 5.32 Å². The Bertz CT molecular complexity index is 267. The highest BCUT2D eigenvalue weighted by Crippen LogP contribution is 2.32. The molecule has 1 aliphatic rings. The lowest BCUT2D eigenvalue weighted by Crippen LogP contribution is -2.45. The molecule has 5 heteroatoms. The molecule has 1 saturated carbocycles. The van der Waals surface area contributed by atoms with Crippen LogP contribution in [-0.4, -0.2) is 42.2 Å². The van der Waals surface area contributed by atoms with Gasteiger partial charge in [0.25, 0.3) is 0 Å². The van der Waals surface area contributed by atoms with E-state index in [1.165, 1.54) is 0 Å². The second-order valence-corrected chi connectivity index (χ2v) is 5.82. The lowest BCUT2D eigenvalue weighted by molar-refractivity contribution is -0.0531. The number of rotatable bonds is 5. The van der Waals surface area contributed by atoms with Gasteiger partial charge in [-0.05, 0) is 33.6 Å². The smallest absolute Gasteiger partial charge is 0.407 e. The van der Waals surface area contributed by atoms with Crippen molar-refractivity contribution in [1.29, 1.82) is 0 Å². The van der Waals surface area contributed by atoms with E-state index in [-0.39, 0.29) is 12.2 Å². The van der Waals surface area contributed by atoms with Crippen molar-refractivity contribution in [2.24, 2.45) is 0 Å². The molecular formula is C13H25NO4. The van der Waals surface area contributed by atoms with Gasteiger partial charge in [0.05, 0.1) is 18.8 Å². The number of nitrogens with one attached hydrogen (secondary N) is 1. The van der Waals surface area contributed by atoms with E-state index in [1.54, 1.807) is 0 Å². The van der Waals surface area contributed by atoms with Crippen LogP contribution in [0.3, 0.4) is 0 Å². The van der Waals surface area contributed by atoms with E-state index in [0.29, 0.717) is 13.2 Å². The van der Waals surface area contributed by atoms with Crippen molar-refractivity contribution >= 4 is 6.09 Å². The van der Waals surface area contributed by atoms with Crippen LogP contribution >= 0.6 is 0 Å². The molecule has 0 radical (unpaired) electrons. The van der Waals surface area contributed by atoms with Crippen molar-refractivity contribution in [3.05, 3.63) is 0 Å². The topological polar surface area (TPSA) is 67.8 Å². The maximum absolute atomic E-state index is 11.6. The minimum absolute atomic E-state index is 0.00812. The minimum atomic E-state index is -0.487. The highest BCUT2D eigenvalue weighted by Gasteiger charge is 2.35. The van der Waals surface area contributed by atoms with Gasteiger partial charge in [-0.3, -0.25) is 0 Å². The second-order valence-electron chi connectivity index (χ2n) is 5.82. The van der Waals surface area contributed by atoms with Crippen LogP contribution in [0.2, 0.25) is 0 Å². The number of amides is 1. The summed E-state index contributed by atoms with van der Waals surface area (Å²) in [6.07, 6.45) is 3.62. The van der Waals surface area contributed by atoms with Crippen molar-refractivity contribution in [2.45, 2.75) is 57.7 Å². The summed E-state index contributed by atoms with van der Waals surface area (Å²) >= 11 is 0. The average Bonchev–Trinajstić information content (AvgIpc) is 2.71. The molecule has 106 valence electrons. The molecule has 18 heavy (non-hydrogen) atoms. The summed E-state index contributed by atoms with van der Waals surface area (Å²) in [6, 6.07) is 0. The van der Waals surface area contributed by atoms with Gasteiger partial charge in [-0.15, -0.1) is 0 Å². The highest BCUT2D eigenvalue weighted by atomic mass is 16.6. The van der Waals surface area contributed by atoms with E-state index in [9.17, 15) is 4.79 Å². The van der Waals surface area contributed by atoms with Gasteiger partial charge < -0.3 is 19.9 Å². The average molecular weight is 259 g/mol. The maximum atomic E-state index is 11.6. The van der Waals surface area contributed by atoms with Gasteiger partial charge in [-0.1, -0.05) is 12.8 Å². The molecule has 2 N–H and O–H groups in total. The monoisotopic (exact) mass is 259 g/mol. The zero-order valence-electron chi connectivity index (χ0n) is 11.6. The van der Waals surface area contributed by atoms with Gasteiger partial charge in [0.2, 0.25) is 0 Å². The summed E-state index contributed by atoms with van der Waals surface area (Å²) in [5.74, 6) is 0. The number of alkyl carbamates (subject to hydrolysis) is 1. The van der Waals surface area contributed by atoms with Crippen LogP contribution in [-0.2, 0) is 9.47 Å². The van der Waals surface area contributed by atoms with E-state index in [2.05, 4.69) is 5.32 Å². The SMILES string of the molecule is CC(C)(C)OC(=O)NCC1(OCCO)CCCC1. The first-order valence-electron chi connectivity index (χ1n) is 6.59. The Labute approximate surface area is 109 Å². The third-order valence-corrected chi connectivity index (χ3v) is 2.97. The summed E-state index contributed by atoms with van der Waals surface area (Å²) in [4.78, 5) is 11.6. The number of carbonyl (C=O) groups is 1. The molecule has 0 atom stereocenters. The molecule has 5 nitrogen and oxygen atoms in total. The fourth-order valence-electron chi connectivity index (χ4n) is 2.20. The zero-order chi connectivity index (χ0) is 13.6. The molecular weight excluding hydrogens is 234 g/mol. The number of aliphatic hydroxyl groups excluding tert-OH is 1. The molecule has 1 rings (SSSR count). The Kier molecular flexibility index (Phi) is 5.41. The van der Waals surface area contributed by atoms with Gasteiger partial charge in [0, 0.05) is 6.54 Å². The van der Waals surface area contributed by atoms with Crippen molar-refractivity contribution < 1.29 is 19.4 Å². The standard InChI is InChI=1S/C13H25NO4/c1-12(2,3)18-11(16)14-10-13(17-9-8-15)6-4-5-7-13/h15H,4-10H2,1-3H3,(H,14,16). The van der Waals surface area contributed by atoms with Crippen molar-refractivity contribution in [2.75, 3.05) is 19.8 Å². The van der Waals surface area contributed by atoms with Crippen LogP contribution in [0.4, 0.5) is 4.79 Å². The molecule has 0 aromatic heterocycles. The lowest BCUT2D eigenvalue weighted by atomic mass is 10.0. The molecule has 0 aliphatic heterocycles. The molecule has 0 heterocycles. The quantitative estimate of drug-likeness (QED) is 0.790. The van der Waals surface area contributed by atoms with E-state index >= 15 is 0 Å². The number of aliphatic hydroxyl groups is 1. The van der Waals surface area contributed by atoms with Crippen LogP contribution in [0.1, 0.15) is 46.5 Å². The van der Waals surface area contributed by atoms with Gasteiger partial charge in [-0.2, -0.15) is 0 Å². The highest BCUT2D eigenvalue weighted by molar-refractivity contribution is 5.67. The molecule has 1 fully saturated rings. The normalized spacial score (nSPS) is 18.7. The zero-order valence-corrected chi connectivity index (χ0v) is 11.6. The molecule has 0 aromatic carbocycles. The van der Waals surface area contributed by atoms with Crippen molar-refractivity contribution in [1.82, 2.24) is 5.32 Å². The Hall–Kier alpha value is -0.810. The summed E-state index contributed by atoms with van der Waals surface area (Å²) in [6.45, 7) is 6.27. The number of hydrogen-bond donors (Lipinski definition) is 2. The molecule has 0 saturated heterocycles. The minimum Gasteiger partial charge on any atom is -0.444 e. The van der Waals surface area contributed by atoms with E-state index < -0.39 is 11.7 Å². The summed E-state index contributed by atoms with van der Waals surface area (Å²) < 4.78 is 10.9. The molecule has 1 aliphatic carbocycles. The largest absolute Gasteiger partial charge is 0.444 e. The lowest BCUT2D eigenvalue weighted by Gasteiger charge is -2.30. The van der Waals surface area contributed by atoms with Crippen molar-refractivity contribution in [3.63, 3.8) is 0 Å². The second kappa shape index (κ2) is 6.38. The summed E-state index contributed by atoms with van der Waals surface area (Å²) in [7, 11) is 0. The van der Waals surface area contributed by atoms with E-state index in [1.807, 2.05) is 20.8 Å². The van der Waals surface area contributed by atoms with Crippen LogP contribution in [0.25, 0.3) is 0 Å². The first-order valence-corrected chi connectivity index (χ1v) is 6.59. The molecule has 0 aromatic rings. The predicted molar refractivity (Wildman–Crippen MR) is 68.5 cm³/mol. The van der Waals surface area contributed by atoms with Crippen LogP contribution in [0, 0.1) is 0 Å². The van der Waals surface area contributed by atoms with Crippen molar-refractivity contribution in [3.8, 4) is 0 Å². The fourth-order valence-corrected chi connectivity index (χ4v) is 2.20. The first kappa shape index (κ1) is 15.2. The Morgan fingerprint density at radius 1 is 1.33 bits per heavy atom. The van der Waals surface area contributed by atoms with Crippen LogP contribution in [0.5, 0.6) is 0 Å². The summed E-state index contributed by atoms with van der Waals surface area (Å²) in [5, 5.41) is 11.6. The maximum Gasteiger partial charge on any atom is 0.407 e. The van der Waals surface area contributed by atoms with E-state index in [0.717, 1.165) is 25.7 Å². The van der Waals surface area contributed by atoms with E-state index in [4.69, 9.17) is 14.6 Å². The Morgan fingerprint density at radius 2 is 1.94 bits per heavy atom. The number of hydrogen-bond acceptors (Lipinski definition) is 4. The predicted octanol–water partition coefficient (Wildman–Crippen LogP) is 1.83. The van der Waals surface area contributed by atoms with Gasteiger partial charge >= 0.3 is 6.09 Å². The number of ether oxygens (including phenoxy) is 2. The third-order valence-electron chi connectivity index (χ3n) is 2.97. The Balaban J connectivity index is 2.40. The molecule has 1 amide bonds. The Morgan fingerprint density at radius 3 is 2.44 bits per heavy atom. The third kappa shape index (κ3) is 5.23. The number of carbonyl (C=O) groups excluding carboxylic acids is 1. The fraction of sp³-hybridized carbons (Fsp3) is 0.923. The summed E-state index contributed by atoms with van der Waals surface area (Å²) in [5.41, 5.74) is -0.807. The van der Waals surface area contributed by atoms with Gasteiger partial charge in [0.1, 0.15) is 5.60 Å². The first-order chi connectivity index (χ1) is 8.37. The van der Waals surface area contributed by atoms with Gasteiger partial charge in [0.15, 0.2) is 0 Å². The van der Waals surface area contributed by atoms with Gasteiger partial charge in [-0.25, -0.2) is 4.79 Å².